The summed E-state index contributed by atoms with van der Waals surface area (Å²) in [5, 5.41) is 8.79. The Kier molecular flexibility index (Phi) is 4.24. The highest BCUT2D eigenvalue weighted by molar-refractivity contribution is 5.88. The van der Waals surface area contributed by atoms with Crippen LogP contribution in [0.5, 0.6) is 0 Å². The van der Waals surface area contributed by atoms with Gasteiger partial charge in [0.05, 0.1) is 18.9 Å². The van der Waals surface area contributed by atoms with Crippen LogP contribution >= 0.6 is 0 Å². The zero-order valence-electron chi connectivity index (χ0n) is 9.23. The Bertz CT molecular complexity index is 454. The number of hydrogen-bond donors (Lipinski definition) is 1. The van der Waals surface area contributed by atoms with E-state index in [9.17, 15) is 18.0 Å². The first-order chi connectivity index (χ1) is 8.38. The third-order valence-corrected chi connectivity index (χ3v) is 1.96. The van der Waals surface area contributed by atoms with Crippen molar-refractivity contribution in [2.75, 3.05) is 7.11 Å². The highest BCUT2D eigenvalue weighted by Crippen LogP contribution is 2.25. The molecule has 0 aliphatic heterocycles. The lowest BCUT2D eigenvalue weighted by atomic mass is 10.1. The molecule has 1 aromatic rings. The summed E-state index contributed by atoms with van der Waals surface area (Å²) in [6.45, 7) is 0. The molecular weight excluding hydrogens is 253 g/mol. The van der Waals surface area contributed by atoms with Crippen molar-refractivity contribution in [2.45, 2.75) is 12.6 Å². The van der Waals surface area contributed by atoms with Crippen LogP contribution in [0.2, 0.25) is 0 Å². The van der Waals surface area contributed by atoms with Gasteiger partial charge in [-0.05, 0) is 5.56 Å². The molecule has 1 N–H and O–H groups in total. The maximum Gasteiger partial charge on any atom is 0.451 e. The van der Waals surface area contributed by atoms with Crippen LogP contribution in [0.15, 0.2) is 24.2 Å². The summed E-state index contributed by atoms with van der Waals surface area (Å²) in [5.41, 5.74) is 0.134. The quantitative estimate of drug-likeness (QED) is 0.509. The van der Waals surface area contributed by atoms with Crippen molar-refractivity contribution in [3.63, 3.8) is 0 Å². The Morgan fingerprint density at radius 3 is 2.39 bits per heavy atom. The third kappa shape index (κ3) is 3.44. The predicted molar refractivity (Wildman–Crippen MR) is 53.5 cm³/mol. The molecule has 0 aliphatic carbocycles. The first-order valence-electron chi connectivity index (χ1n) is 4.68. The second-order valence-electron chi connectivity index (χ2n) is 3.24. The van der Waals surface area contributed by atoms with Crippen LogP contribution < -0.4 is 0 Å². The highest BCUT2D eigenvalue weighted by Gasteiger charge is 2.34. The van der Waals surface area contributed by atoms with E-state index in [2.05, 4.69) is 14.7 Å². The molecule has 0 saturated heterocycles. The second kappa shape index (κ2) is 5.48. The minimum absolute atomic E-state index is 0.110. The Labute approximate surface area is 99.9 Å². The largest absolute Gasteiger partial charge is 0.515 e. The molecular formula is C10H9F3N2O3. The highest BCUT2D eigenvalue weighted by atomic mass is 19.4. The van der Waals surface area contributed by atoms with Gasteiger partial charge < -0.3 is 9.84 Å². The van der Waals surface area contributed by atoms with E-state index in [0.717, 1.165) is 19.5 Å². The van der Waals surface area contributed by atoms with E-state index in [1.165, 1.54) is 0 Å². The van der Waals surface area contributed by atoms with Crippen LogP contribution in [0.4, 0.5) is 13.2 Å². The lowest BCUT2D eigenvalue weighted by Crippen LogP contribution is -2.12. The monoisotopic (exact) mass is 262 g/mol. The number of nitrogens with zero attached hydrogens (tertiary/aromatic N) is 2. The molecule has 0 radical (unpaired) electrons. The van der Waals surface area contributed by atoms with Crippen LogP contribution in [0.3, 0.4) is 0 Å². The van der Waals surface area contributed by atoms with E-state index in [-0.39, 0.29) is 17.6 Å². The molecule has 0 unspecified atom stereocenters. The summed E-state index contributed by atoms with van der Waals surface area (Å²) in [6.07, 6.45) is -2.34. The second-order valence-corrected chi connectivity index (χ2v) is 3.24. The molecule has 0 bridgehead atoms. The standard InChI is InChI=1S/C10H9F3N2O3/c1-18-8(17)7(5-16)2-6-3-14-9(15-4-6)10(11,12)13/h3-5,16H,2H2,1H3. The van der Waals surface area contributed by atoms with Gasteiger partial charge in [-0.1, -0.05) is 0 Å². The summed E-state index contributed by atoms with van der Waals surface area (Å²) in [7, 11) is 1.12. The van der Waals surface area contributed by atoms with E-state index < -0.39 is 18.0 Å². The number of methoxy groups -OCH3 is 1. The number of aliphatic hydroxyl groups excluding tert-OH is 1. The molecule has 1 aromatic heterocycles. The molecule has 1 heterocycles. The van der Waals surface area contributed by atoms with Gasteiger partial charge in [0.25, 0.3) is 0 Å². The molecule has 0 saturated carbocycles. The van der Waals surface area contributed by atoms with E-state index in [1.807, 2.05) is 0 Å². The zero-order chi connectivity index (χ0) is 13.8. The summed E-state index contributed by atoms with van der Waals surface area (Å²) in [5.74, 6) is -2.05. The van der Waals surface area contributed by atoms with E-state index in [4.69, 9.17) is 5.11 Å². The van der Waals surface area contributed by atoms with Gasteiger partial charge in [-0.3, -0.25) is 0 Å². The number of hydrogen-bond acceptors (Lipinski definition) is 5. The molecule has 5 nitrogen and oxygen atoms in total. The summed E-state index contributed by atoms with van der Waals surface area (Å²) in [4.78, 5) is 17.4. The number of carbonyl (C=O) groups excluding carboxylic acids is 1. The van der Waals surface area contributed by atoms with Crippen molar-refractivity contribution in [3.05, 3.63) is 35.6 Å². The fourth-order valence-electron chi connectivity index (χ4n) is 1.11. The van der Waals surface area contributed by atoms with Crippen molar-refractivity contribution >= 4 is 5.97 Å². The van der Waals surface area contributed by atoms with Crippen LogP contribution in [-0.2, 0) is 22.1 Å². The maximum absolute atomic E-state index is 12.2. The van der Waals surface area contributed by atoms with Crippen LogP contribution in [-0.4, -0.2) is 28.2 Å². The third-order valence-electron chi connectivity index (χ3n) is 1.96. The van der Waals surface area contributed by atoms with Crippen LogP contribution in [0.1, 0.15) is 11.4 Å². The fraction of sp³-hybridized carbons (Fsp3) is 0.300. The van der Waals surface area contributed by atoms with Gasteiger partial charge in [-0.25, -0.2) is 14.8 Å². The van der Waals surface area contributed by atoms with Gasteiger partial charge >= 0.3 is 12.1 Å². The summed E-state index contributed by atoms with van der Waals surface area (Å²) >= 11 is 0. The summed E-state index contributed by atoms with van der Waals surface area (Å²) in [6, 6.07) is 0. The molecule has 0 spiro atoms. The number of esters is 1. The first kappa shape index (κ1) is 13.9. The van der Waals surface area contributed by atoms with Gasteiger partial charge in [0.2, 0.25) is 5.82 Å². The Morgan fingerprint density at radius 1 is 1.44 bits per heavy atom. The van der Waals surface area contributed by atoms with Crippen molar-refractivity contribution in [2.24, 2.45) is 0 Å². The first-order valence-corrected chi connectivity index (χ1v) is 4.68. The van der Waals surface area contributed by atoms with Crippen molar-refractivity contribution in [3.8, 4) is 0 Å². The SMILES string of the molecule is COC(=O)C(=CO)Cc1cnc(C(F)(F)F)nc1. The maximum atomic E-state index is 12.2. The molecule has 0 fully saturated rings. The van der Waals surface area contributed by atoms with Crippen LogP contribution in [0, 0.1) is 0 Å². The van der Waals surface area contributed by atoms with Gasteiger partial charge in [-0.2, -0.15) is 13.2 Å². The minimum Gasteiger partial charge on any atom is -0.515 e. The van der Waals surface area contributed by atoms with Crippen molar-refractivity contribution in [1.82, 2.24) is 9.97 Å². The molecule has 18 heavy (non-hydrogen) atoms. The number of ether oxygens (including phenoxy) is 1. The number of halogens is 3. The van der Waals surface area contributed by atoms with Gasteiger partial charge in [0.15, 0.2) is 0 Å². The average molecular weight is 262 g/mol. The van der Waals surface area contributed by atoms with E-state index in [1.54, 1.807) is 0 Å². The van der Waals surface area contributed by atoms with E-state index in [0.29, 0.717) is 6.26 Å². The molecule has 0 aromatic carbocycles. The molecule has 1 rings (SSSR count). The number of alkyl halides is 3. The Balaban J connectivity index is 2.84. The van der Waals surface area contributed by atoms with Gasteiger partial charge in [0, 0.05) is 18.8 Å². The number of aliphatic hydroxyl groups is 1. The molecule has 0 atom stereocenters. The molecule has 0 aliphatic rings. The lowest BCUT2D eigenvalue weighted by Gasteiger charge is -2.06. The van der Waals surface area contributed by atoms with Gasteiger partial charge in [-0.15, -0.1) is 0 Å². The normalized spacial score (nSPS) is 12.3. The van der Waals surface area contributed by atoms with Gasteiger partial charge in [0.1, 0.15) is 0 Å². The minimum atomic E-state index is -4.61. The zero-order valence-corrected chi connectivity index (χ0v) is 9.23. The topological polar surface area (TPSA) is 72.3 Å². The molecule has 8 heteroatoms. The summed E-state index contributed by atoms with van der Waals surface area (Å²) < 4.78 is 40.9. The number of rotatable bonds is 3. The van der Waals surface area contributed by atoms with Crippen molar-refractivity contribution < 1.29 is 27.8 Å². The number of carbonyl (C=O) groups is 1. The number of aromatic nitrogens is 2. The average Bonchev–Trinajstić information content (AvgIpc) is 2.34. The van der Waals surface area contributed by atoms with E-state index >= 15 is 0 Å². The van der Waals surface area contributed by atoms with Crippen molar-refractivity contribution in [1.29, 1.82) is 0 Å². The predicted octanol–water partition coefficient (Wildman–Crippen LogP) is 1.65. The Morgan fingerprint density at radius 2 is 2.00 bits per heavy atom. The van der Waals surface area contributed by atoms with Crippen LogP contribution in [0.25, 0.3) is 0 Å². The molecule has 0 amide bonds. The smallest absolute Gasteiger partial charge is 0.451 e. The molecule has 98 valence electrons. The fourth-order valence-corrected chi connectivity index (χ4v) is 1.11. The Hall–Kier alpha value is -2.12. The lowest BCUT2D eigenvalue weighted by molar-refractivity contribution is -0.145.